The van der Waals surface area contributed by atoms with Gasteiger partial charge in [0, 0.05) is 45.5 Å². The maximum Gasteiger partial charge on any atom is 0.280 e. The van der Waals surface area contributed by atoms with Crippen molar-refractivity contribution in [3.8, 4) is 0 Å². The van der Waals surface area contributed by atoms with E-state index in [1.54, 1.807) is 7.05 Å². The van der Waals surface area contributed by atoms with Gasteiger partial charge in [-0.3, -0.25) is 9.48 Å². The molecule has 3 aromatic rings. The van der Waals surface area contributed by atoms with Crippen molar-refractivity contribution >= 4 is 21.6 Å². The molecule has 1 saturated heterocycles. The summed E-state index contributed by atoms with van der Waals surface area (Å²) in [6.45, 7) is 0.0754. The SMILES string of the molecule is Cn1cc(S(=O)(=O)N2CCN(C(=O)c3cc4nc(C(F)F)cc(C(F)F)n4n3)CC2)cn1. The Bertz CT molecular complexity index is 1270. The van der Waals surface area contributed by atoms with Crippen molar-refractivity contribution in [1.29, 1.82) is 0 Å². The Labute approximate surface area is 179 Å². The Morgan fingerprint density at radius 3 is 2.31 bits per heavy atom. The van der Waals surface area contributed by atoms with Crippen molar-refractivity contribution in [1.82, 2.24) is 33.6 Å². The number of carbonyl (C=O) groups excluding carboxylic acids is 1. The molecule has 172 valence electrons. The van der Waals surface area contributed by atoms with Crippen molar-refractivity contribution in [3.63, 3.8) is 0 Å². The van der Waals surface area contributed by atoms with E-state index >= 15 is 0 Å². The highest BCUT2D eigenvalue weighted by atomic mass is 32.2. The van der Waals surface area contributed by atoms with E-state index in [1.165, 1.54) is 26.3 Å². The number of fused-ring (bicyclic) bond motifs is 1. The Kier molecular flexibility index (Phi) is 5.62. The van der Waals surface area contributed by atoms with Crippen LogP contribution < -0.4 is 0 Å². The van der Waals surface area contributed by atoms with E-state index in [2.05, 4.69) is 15.2 Å². The molecule has 1 aliphatic rings. The summed E-state index contributed by atoms with van der Waals surface area (Å²) in [6, 6.07) is 1.60. The molecule has 1 aliphatic heterocycles. The van der Waals surface area contributed by atoms with Crippen LogP contribution in [0, 0.1) is 0 Å². The molecule has 4 rings (SSSR count). The van der Waals surface area contributed by atoms with Crippen molar-refractivity contribution in [3.05, 3.63) is 41.6 Å². The first-order valence-corrected chi connectivity index (χ1v) is 10.8. The highest BCUT2D eigenvalue weighted by molar-refractivity contribution is 7.89. The predicted molar refractivity (Wildman–Crippen MR) is 101 cm³/mol. The maximum absolute atomic E-state index is 13.3. The smallest absolute Gasteiger partial charge is 0.280 e. The standard InChI is InChI=1S/C17H17F4N7O3S/c1-25-9-10(8-22-25)32(30,31)27-4-2-26(3-5-27)17(29)12-7-14-23-11(15(18)19)6-13(16(20)21)28(14)24-12/h6-9,15-16H,2-5H2,1H3. The fourth-order valence-corrected chi connectivity index (χ4v) is 4.77. The highest BCUT2D eigenvalue weighted by Gasteiger charge is 2.32. The van der Waals surface area contributed by atoms with E-state index < -0.39 is 40.2 Å². The monoisotopic (exact) mass is 475 g/mol. The number of hydrogen-bond donors (Lipinski definition) is 0. The fraction of sp³-hybridized carbons (Fsp3) is 0.412. The lowest BCUT2D eigenvalue weighted by atomic mass is 10.3. The second kappa shape index (κ2) is 8.12. The zero-order valence-electron chi connectivity index (χ0n) is 16.6. The number of amides is 1. The quantitative estimate of drug-likeness (QED) is 0.518. The number of alkyl halides is 4. The van der Waals surface area contributed by atoms with E-state index in [0.717, 1.165) is 6.07 Å². The summed E-state index contributed by atoms with van der Waals surface area (Å²) in [5.74, 6) is -0.646. The Morgan fingerprint density at radius 1 is 1.06 bits per heavy atom. The van der Waals surface area contributed by atoms with E-state index in [0.29, 0.717) is 10.6 Å². The van der Waals surface area contributed by atoms with Gasteiger partial charge in [-0.1, -0.05) is 0 Å². The normalized spacial score (nSPS) is 15.9. The molecule has 0 aromatic carbocycles. The Morgan fingerprint density at radius 2 is 1.75 bits per heavy atom. The first-order valence-electron chi connectivity index (χ1n) is 9.33. The van der Waals surface area contributed by atoms with Gasteiger partial charge in [-0.2, -0.15) is 14.5 Å². The molecule has 0 spiro atoms. The number of carbonyl (C=O) groups is 1. The summed E-state index contributed by atoms with van der Waals surface area (Å²) in [4.78, 5) is 17.7. The average Bonchev–Trinajstić information content (AvgIpc) is 3.39. The van der Waals surface area contributed by atoms with Gasteiger partial charge in [0.15, 0.2) is 11.3 Å². The van der Waals surface area contributed by atoms with Crippen LogP contribution in [0.25, 0.3) is 5.65 Å². The number of hydrogen-bond acceptors (Lipinski definition) is 6. The zero-order chi connectivity index (χ0) is 23.2. The predicted octanol–water partition coefficient (Wildman–Crippen LogP) is 1.48. The first kappa shape index (κ1) is 22.1. The number of piperazine rings is 1. The van der Waals surface area contributed by atoms with Crippen molar-refractivity contribution < 1.29 is 30.8 Å². The van der Waals surface area contributed by atoms with Crippen LogP contribution >= 0.6 is 0 Å². The van der Waals surface area contributed by atoms with Crippen LogP contribution in [-0.2, 0) is 17.1 Å². The summed E-state index contributed by atoms with van der Waals surface area (Å²) in [5.41, 5.74) is -2.22. The van der Waals surface area contributed by atoms with Crippen molar-refractivity contribution in [2.45, 2.75) is 17.7 Å². The van der Waals surface area contributed by atoms with Gasteiger partial charge in [0.1, 0.15) is 16.3 Å². The Balaban J connectivity index is 1.54. The van der Waals surface area contributed by atoms with Gasteiger partial charge in [-0.25, -0.2) is 35.5 Å². The molecule has 0 aliphatic carbocycles. The third-order valence-electron chi connectivity index (χ3n) is 4.99. The first-order chi connectivity index (χ1) is 15.1. The number of nitrogens with zero attached hydrogens (tertiary/aromatic N) is 7. The van der Waals surface area contributed by atoms with Gasteiger partial charge in [0.25, 0.3) is 18.8 Å². The highest BCUT2D eigenvalue weighted by Crippen LogP contribution is 2.26. The molecule has 3 aromatic heterocycles. The van der Waals surface area contributed by atoms with Crippen LogP contribution in [0.5, 0.6) is 0 Å². The molecule has 0 bridgehead atoms. The topological polar surface area (TPSA) is 106 Å². The number of rotatable bonds is 5. The molecule has 1 fully saturated rings. The minimum atomic E-state index is -3.78. The maximum atomic E-state index is 13.3. The van der Waals surface area contributed by atoms with Gasteiger partial charge in [-0.15, -0.1) is 0 Å². The van der Waals surface area contributed by atoms with Gasteiger partial charge in [0.05, 0.1) is 6.20 Å². The molecular formula is C17H17F4N7O3S. The fourth-order valence-electron chi connectivity index (χ4n) is 3.36. The largest absolute Gasteiger partial charge is 0.335 e. The molecule has 1 amide bonds. The molecule has 0 atom stereocenters. The van der Waals surface area contributed by atoms with E-state index in [4.69, 9.17) is 0 Å². The van der Waals surface area contributed by atoms with E-state index in [1.807, 2.05) is 0 Å². The average molecular weight is 475 g/mol. The second-order valence-corrected chi connectivity index (χ2v) is 8.99. The molecule has 0 saturated carbocycles. The molecule has 15 heteroatoms. The minimum Gasteiger partial charge on any atom is -0.335 e. The summed E-state index contributed by atoms with van der Waals surface area (Å²) >= 11 is 0. The van der Waals surface area contributed by atoms with Gasteiger partial charge in [-0.05, 0) is 6.07 Å². The lowest BCUT2D eigenvalue weighted by Crippen LogP contribution is -2.50. The van der Waals surface area contributed by atoms with Gasteiger partial charge >= 0.3 is 0 Å². The van der Waals surface area contributed by atoms with E-state index in [9.17, 15) is 30.8 Å². The van der Waals surface area contributed by atoms with Crippen molar-refractivity contribution in [2.75, 3.05) is 26.2 Å². The lowest BCUT2D eigenvalue weighted by molar-refractivity contribution is 0.0691. The molecule has 10 nitrogen and oxygen atoms in total. The summed E-state index contributed by atoms with van der Waals surface area (Å²) in [6.07, 6.45) is -3.58. The molecule has 32 heavy (non-hydrogen) atoms. The molecule has 0 radical (unpaired) electrons. The number of aromatic nitrogens is 5. The number of sulfonamides is 1. The summed E-state index contributed by atoms with van der Waals surface area (Å²) < 4.78 is 81.1. The van der Waals surface area contributed by atoms with E-state index in [-0.39, 0.29) is 42.4 Å². The summed E-state index contributed by atoms with van der Waals surface area (Å²) in [7, 11) is -2.19. The Hall–Kier alpha value is -3.07. The van der Waals surface area contributed by atoms with Crippen molar-refractivity contribution in [2.24, 2.45) is 7.05 Å². The molecule has 0 N–H and O–H groups in total. The van der Waals surface area contributed by atoms with Crippen LogP contribution in [0.4, 0.5) is 17.6 Å². The van der Waals surface area contributed by atoms with Crippen LogP contribution in [0.3, 0.4) is 0 Å². The minimum absolute atomic E-state index is 0.00635. The van der Waals surface area contributed by atoms with Crippen LogP contribution in [0.15, 0.2) is 29.4 Å². The molecule has 0 unspecified atom stereocenters. The third kappa shape index (κ3) is 3.92. The van der Waals surface area contributed by atoms with Crippen LogP contribution in [0.1, 0.15) is 34.7 Å². The molecule has 4 heterocycles. The third-order valence-corrected chi connectivity index (χ3v) is 6.84. The van der Waals surface area contributed by atoms with Gasteiger partial charge < -0.3 is 4.90 Å². The summed E-state index contributed by atoms with van der Waals surface area (Å²) in [5, 5.41) is 7.67. The number of aryl methyl sites for hydroxylation is 1. The number of halogens is 4. The molecular weight excluding hydrogens is 458 g/mol. The second-order valence-electron chi connectivity index (χ2n) is 7.05. The lowest BCUT2D eigenvalue weighted by Gasteiger charge is -2.33. The zero-order valence-corrected chi connectivity index (χ0v) is 17.4. The van der Waals surface area contributed by atoms with Crippen LogP contribution in [0.2, 0.25) is 0 Å². The van der Waals surface area contributed by atoms with Crippen LogP contribution in [-0.4, -0.2) is 74.1 Å². The van der Waals surface area contributed by atoms with Gasteiger partial charge in [0.2, 0.25) is 10.0 Å².